The molecule has 0 saturated heterocycles. The number of aryl methyl sites for hydroxylation is 1. The van der Waals surface area contributed by atoms with Crippen LogP contribution in [0.4, 0.5) is 0 Å². The highest BCUT2D eigenvalue weighted by Crippen LogP contribution is 2.23. The van der Waals surface area contributed by atoms with Gasteiger partial charge in [0, 0.05) is 31.1 Å². The summed E-state index contributed by atoms with van der Waals surface area (Å²) in [6.07, 6.45) is 4.16. The zero-order valence-electron chi connectivity index (χ0n) is 18.2. The maximum atomic E-state index is 12.5. The molecule has 0 aliphatic carbocycles. The molecule has 0 fully saturated rings. The van der Waals surface area contributed by atoms with Crippen molar-refractivity contribution in [1.29, 1.82) is 0 Å². The van der Waals surface area contributed by atoms with Crippen LogP contribution in [0, 0.1) is 6.92 Å². The Balaban J connectivity index is 0.00000240. The maximum absolute atomic E-state index is 12.5. The summed E-state index contributed by atoms with van der Waals surface area (Å²) in [5, 5.41) is 3.01. The first-order valence-electron chi connectivity index (χ1n) is 9.98. The molecule has 1 aromatic heterocycles. The first-order valence-corrected chi connectivity index (χ1v) is 9.98. The van der Waals surface area contributed by atoms with Gasteiger partial charge in [-0.1, -0.05) is 74.0 Å². The highest BCUT2D eigenvalue weighted by atomic mass is 35.5. The third-order valence-corrected chi connectivity index (χ3v) is 5.16. The number of halogens is 2. The number of carbonyl (C=O) groups excluding carboxylic acids is 1. The normalized spacial score (nSPS) is 11.7. The minimum absolute atomic E-state index is 0. The zero-order valence-corrected chi connectivity index (χ0v) is 19.9. The van der Waals surface area contributed by atoms with Crippen molar-refractivity contribution in [3.8, 4) is 0 Å². The van der Waals surface area contributed by atoms with Crippen LogP contribution in [0.3, 0.4) is 0 Å². The maximum Gasteiger partial charge on any atom is 0.237 e. The van der Waals surface area contributed by atoms with Gasteiger partial charge in [-0.3, -0.25) is 4.79 Å². The number of nitrogens with two attached hydrogens (primary N) is 1. The monoisotopic (exact) mass is 462 g/mol. The van der Waals surface area contributed by atoms with Crippen LogP contribution >= 0.6 is 24.8 Å². The average molecular weight is 463 g/mol. The van der Waals surface area contributed by atoms with E-state index in [2.05, 4.69) is 61.4 Å². The van der Waals surface area contributed by atoms with Crippen molar-refractivity contribution in [3.63, 3.8) is 0 Å². The third kappa shape index (κ3) is 7.69. The number of hydrogen-bond donors (Lipinski definition) is 2. The lowest BCUT2D eigenvalue weighted by molar-refractivity contribution is -0.122. The van der Waals surface area contributed by atoms with Gasteiger partial charge in [0.15, 0.2) is 0 Å². The number of aromatic nitrogens is 2. The highest BCUT2D eigenvalue weighted by molar-refractivity contribution is 5.85. The molecule has 0 saturated carbocycles. The molecule has 3 N–H and O–H groups in total. The van der Waals surface area contributed by atoms with Gasteiger partial charge in [-0.05, 0) is 18.1 Å². The summed E-state index contributed by atoms with van der Waals surface area (Å²) < 4.78 is 2.01. The number of nitrogens with zero attached hydrogens (tertiary/aromatic N) is 2. The quantitative estimate of drug-likeness (QED) is 0.530. The van der Waals surface area contributed by atoms with Crippen LogP contribution in [0.25, 0.3) is 0 Å². The summed E-state index contributed by atoms with van der Waals surface area (Å²) in [6, 6.07) is 17.9. The second kappa shape index (κ2) is 11.9. The van der Waals surface area contributed by atoms with E-state index in [4.69, 9.17) is 5.73 Å². The van der Waals surface area contributed by atoms with Crippen molar-refractivity contribution in [2.24, 2.45) is 5.73 Å². The molecule has 1 amide bonds. The Morgan fingerprint density at radius 1 is 1.13 bits per heavy atom. The van der Waals surface area contributed by atoms with Gasteiger partial charge >= 0.3 is 0 Å². The van der Waals surface area contributed by atoms with Crippen LogP contribution in [0.1, 0.15) is 36.2 Å². The lowest BCUT2D eigenvalue weighted by Gasteiger charge is -2.26. The summed E-state index contributed by atoms with van der Waals surface area (Å²) in [6.45, 7) is 7.61. The van der Waals surface area contributed by atoms with E-state index in [1.54, 1.807) is 6.33 Å². The van der Waals surface area contributed by atoms with Crippen LogP contribution < -0.4 is 11.1 Å². The standard InChI is InChI=1S/C24H30N4O.2ClH/c1-18-8-7-11-20(12-18)24(2,3)16-26-23(29)22(25)13-21-15-28(17-27-21)14-19-9-5-4-6-10-19;;/h4-12,15,17,22H,13-14,16,25H2,1-3H3,(H,26,29);2*1H/t22-;;/m0../s1. The topological polar surface area (TPSA) is 72.9 Å². The van der Waals surface area contributed by atoms with E-state index in [0.717, 1.165) is 12.2 Å². The Bertz CT molecular complexity index is 957. The molecule has 0 bridgehead atoms. The van der Waals surface area contributed by atoms with Gasteiger partial charge < -0.3 is 15.6 Å². The van der Waals surface area contributed by atoms with Gasteiger partial charge in [-0.2, -0.15) is 0 Å². The number of amides is 1. The largest absolute Gasteiger partial charge is 0.354 e. The lowest BCUT2D eigenvalue weighted by Crippen LogP contribution is -2.46. The van der Waals surface area contributed by atoms with E-state index in [0.29, 0.717) is 13.0 Å². The molecule has 0 aliphatic heterocycles. The fourth-order valence-electron chi connectivity index (χ4n) is 3.32. The Labute approximate surface area is 197 Å². The van der Waals surface area contributed by atoms with E-state index in [1.165, 1.54) is 16.7 Å². The summed E-state index contributed by atoms with van der Waals surface area (Å²) >= 11 is 0. The van der Waals surface area contributed by atoms with Gasteiger partial charge in [-0.25, -0.2) is 4.98 Å². The molecule has 31 heavy (non-hydrogen) atoms. The van der Waals surface area contributed by atoms with Crippen molar-refractivity contribution in [1.82, 2.24) is 14.9 Å². The van der Waals surface area contributed by atoms with Gasteiger partial charge in [0.1, 0.15) is 0 Å². The van der Waals surface area contributed by atoms with Crippen LogP contribution in [0.5, 0.6) is 0 Å². The summed E-state index contributed by atoms with van der Waals surface area (Å²) in [5.41, 5.74) is 10.4. The van der Waals surface area contributed by atoms with Crippen molar-refractivity contribution in [2.45, 2.75) is 45.2 Å². The van der Waals surface area contributed by atoms with Gasteiger partial charge in [0.2, 0.25) is 5.91 Å². The molecule has 0 unspecified atom stereocenters. The summed E-state index contributed by atoms with van der Waals surface area (Å²) in [4.78, 5) is 16.9. The first kappa shape index (κ1) is 26.7. The Kier molecular flexibility index (Phi) is 10.2. The molecule has 0 radical (unpaired) electrons. The average Bonchev–Trinajstić information content (AvgIpc) is 3.13. The number of benzene rings is 2. The smallest absolute Gasteiger partial charge is 0.237 e. The molecule has 7 heteroatoms. The summed E-state index contributed by atoms with van der Waals surface area (Å²) in [7, 11) is 0. The predicted molar refractivity (Wildman–Crippen MR) is 131 cm³/mol. The molecule has 5 nitrogen and oxygen atoms in total. The van der Waals surface area contributed by atoms with Crippen LogP contribution in [0.15, 0.2) is 67.1 Å². The van der Waals surface area contributed by atoms with Crippen molar-refractivity contribution < 1.29 is 4.79 Å². The second-order valence-electron chi connectivity index (χ2n) is 8.30. The van der Waals surface area contributed by atoms with Crippen LogP contribution in [0.2, 0.25) is 0 Å². The molecule has 0 spiro atoms. The van der Waals surface area contributed by atoms with Crippen molar-refractivity contribution >= 4 is 30.7 Å². The van der Waals surface area contributed by atoms with Crippen molar-refractivity contribution in [2.75, 3.05) is 6.54 Å². The number of nitrogens with one attached hydrogen (secondary N) is 1. The highest BCUT2D eigenvalue weighted by Gasteiger charge is 2.23. The molecule has 1 heterocycles. The molecule has 0 aliphatic rings. The van der Waals surface area contributed by atoms with Gasteiger partial charge in [0.05, 0.1) is 18.1 Å². The van der Waals surface area contributed by atoms with E-state index >= 15 is 0 Å². The number of rotatable bonds is 8. The number of hydrogen-bond acceptors (Lipinski definition) is 3. The third-order valence-electron chi connectivity index (χ3n) is 5.16. The van der Waals surface area contributed by atoms with Crippen LogP contribution in [-0.2, 0) is 23.2 Å². The SMILES string of the molecule is Cc1cccc(C(C)(C)CNC(=O)[C@@H](N)Cc2cn(Cc3ccccc3)cn2)c1.Cl.Cl. The molecule has 168 valence electrons. The number of imidazole rings is 1. The molecule has 3 aromatic rings. The Morgan fingerprint density at radius 3 is 2.52 bits per heavy atom. The molecule has 2 aromatic carbocycles. The molecule has 1 atom stereocenters. The number of carbonyl (C=O) groups is 1. The fraction of sp³-hybridized carbons (Fsp3) is 0.333. The Morgan fingerprint density at radius 2 is 1.84 bits per heavy atom. The zero-order chi connectivity index (χ0) is 20.9. The minimum atomic E-state index is -0.622. The van der Waals surface area contributed by atoms with E-state index in [1.807, 2.05) is 35.0 Å². The molecular formula is C24H32Cl2N4O. The van der Waals surface area contributed by atoms with Crippen molar-refractivity contribution in [3.05, 3.63) is 89.5 Å². The van der Waals surface area contributed by atoms with Crippen LogP contribution in [-0.4, -0.2) is 28.0 Å². The predicted octanol–water partition coefficient (Wildman–Crippen LogP) is 4.05. The van der Waals surface area contributed by atoms with Gasteiger partial charge in [0.25, 0.3) is 0 Å². The van der Waals surface area contributed by atoms with E-state index in [-0.39, 0.29) is 36.1 Å². The minimum Gasteiger partial charge on any atom is -0.354 e. The lowest BCUT2D eigenvalue weighted by atomic mass is 9.84. The second-order valence-corrected chi connectivity index (χ2v) is 8.30. The summed E-state index contributed by atoms with van der Waals surface area (Å²) in [5.74, 6) is -0.150. The Hall–Kier alpha value is -2.34. The molecular weight excluding hydrogens is 431 g/mol. The first-order chi connectivity index (χ1) is 13.8. The van der Waals surface area contributed by atoms with E-state index in [9.17, 15) is 4.79 Å². The fourth-order valence-corrected chi connectivity index (χ4v) is 3.32. The van der Waals surface area contributed by atoms with Gasteiger partial charge in [-0.15, -0.1) is 24.8 Å². The van der Waals surface area contributed by atoms with E-state index < -0.39 is 6.04 Å². The molecule has 3 rings (SSSR count).